The van der Waals surface area contributed by atoms with Gasteiger partial charge in [-0.05, 0) is 24.3 Å². The van der Waals surface area contributed by atoms with E-state index in [1.54, 1.807) is 18.3 Å². The lowest BCUT2D eigenvalue weighted by atomic mass is 10.1. The van der Waals surface area contributed by atoms with Gasteiger partial charge >= 0.3 is 5.97 Å². The zero-order valence-corrected chi connectivity index (χ0v) is 14.2. The Morgan fingerprint density at radius 3 is 2.92 bits per heavy atom. The molecule has 130 valence electrons. The van der Waals surface area contributed by atoms with Gasteiger partial charge < -0.3 is 15.5 Å². The molecular formula is C18H14N4O3S. The first-order valence-corrected chi connectivity index (χ1v) is 8.67. The number of nitrogens with one attached hydrogen (secondary N) is 2. The monoisotopic (exact) mass is 366 g/mol. The molecule has 0 amide bonds. The first-order chi connectivity index (χ1) is 12.6. The Morgan fingerprint density at radius 1 is 1.27 bits per heavy atom. The Kier molecular flexibility index (Phi) is 4.02. The Morgan fingerprint density at radius 2 is 2.15 bits per heavy atom. The van der Waals surface area contributed by atoms with Crippen molar-refractivity contribution in [3.8, 4) is 16.3 Å². The maximum absolute atomic E-state index is 11.2. The van der Waals surface area contributed by atoms with Crippen LogP contribution < -0.4 is 5.32 Å². The van der Waals surface area contributed by atoms with E-state index in [4.69, 9.17) is 0 Å². The number of para-hydroxylation sites is 1. The van der Waals surface area contributed by atoms with Crippen molar-refractivity contribution < 1.29 is 15.0 Å². The van der Waals surface area contributed by atoms with Crippen LogP contribution >= 0.6 is 11.3 Å². The number of hydrogen-bond donors (Lipinski definition) is 4. The topological polar surface area (TPSA) is 111 Å². The fourth-order valence-electron chi connectivity index (χ4n) is 2.75. The third kappa shape index (κ3) is 2.86. The fraction of sp³-hybridized carbons (Fsp3) is 0.0556. The lowest BCUT2D eigenvalue weighted by Crippen LogP contribution is -2.01. The molecule has 0 aliphatic rings. The van der Waals surface area contributed by atoms with Crippen LogP contribution in [0.4, 0.5) is 5.69 Å². The predicted octanol–water partition coefficient (Wildman–Crippen LogP) is 3.70. The van der Waals surface area contributed by atoms with Gasteiger partial charge in [0.2, 0.25) is 0 Å². The molecule has 8 heteroatoms. The van der Waals surface area contributed by atoms with Gasteiger partial charge in [-0.2, -0.15) is 5.10 Å². The average molecular weight is 366 g/mol. The summed E-state index contributed by atoms with van der Waals surface area (Å²) < 4.78 is 0. The molecule has 7 nitrogen and oxygen atoms in total. The van der Waals surface area contributed by atoms with E-state index >= 15 is 0 Å². The maximum Gasteiger partial charge on any atom is 0.357 e. The van der Waals surface area contributed by atoms with Crippen molar-refractivity contribution in [1.29, 1.82) is 0 Å². The molecule has 0 spiro atoms. The lowest BCUT2D eigenvalue weighted by molar-refractivity contribution is 0.0692. The maximum atomic E-state index is 11.2. The highest BCUT2D eigenvalue weighted by Crippen LogP contribution is 2.33. The van der Waals surface area contributed by atoms with Crippen LogP contribution in [0.5, 0.6) is 5.75 Å². The summed E-state index contributed by atoms with van der Waals surface area (Å²) in [7, 11) is 0. The summed E-state index contributed by atoms with van der Waals surface area (Å²) in [6, 6.07) is 10.9. The summed E-state index contributed by atoms with van der Waals surface area (Å²) in [4.78, 5) is 15.5. The number of rotatable bonds is 5. The van der Waals surface area contributed by atoms with Crippen LogP contribution in [0, 0.1) is 0 Å². The zero-order valence-electron chi connectivity index (χ0n) is 13.4. The average Bonchev–Trinajstić information content (AvgIpc) is 3.30. The molecule has 26 heavy (non-hydrogen) atoms. The van der Waals surface area contributed by atoms with Crippen molar-refractivity contribution in [1.82, 2.24) is 15.2 Å². The first-order valence-electron chi connectivity index (χ1n) is 7.79. The van der Waals surface area contributed by atoms with Crippen LogP contribution in [0.25, 0.3) is 21.5 Å². The molecule has 0 fully saturated rings. The third-order valence-corrected chi connectivity index (χ3v) is 4.84. The molecule has 0 aliphatic carbocycles. The number of aromatic hydroxyl groups is 1. The molecule has 0 bridgehead atoms. The number of thiazole rings is 1. The van der Waals surface area contributed by atoms with Crippen LogP contribution in [0.15, 0.2) is 48.0 Å². The van der Waals surface area contributed by atoms with Crippen molar-refractivity contribution in [3.05, 3.63) is 59.2 Å². The largest absolute Gasteiger partial charge is 0.507 e. The minimum absolute atomic E-state index is 0.0164. The molecule has 0 atom stereocenters. The number of carboxylic acid groups (broad SMARTS) is 1. The zero-order chi connectivity index (χ0) is 18.1. The number of aromatic amines is 1. The van der Waals surface area contributed by atoms with Gasteiger partial charge in [0.05, 0.1) is 11.1 Å². The standard InChI is InChI=1S/C18H14N4O3S/c23-16-10(2-1-3-12(16)17-19-6-7-26-17)9-20-11-4-5-14-13(8-11)15(18(24)25)22-21-14/h1-8,20,23H,9H2,(H,21,22)(H,24,25). The van der Waals surface area contributed by atoms with Gasteiger partial charge in [-0.1, -0.05) is 12.1 Å². The quantitative estimate of drug-likeness (QED) is 0.428. The Hall–Kier alpha value is -3.39. The fourth-order valence-corrected chi connectivity index (χ4v) is 3.41. The van der Waals surface area contributed by atoms with Crippen LogP contribution in [-0.4, -0.2) is 31.4 Å². The van der Waals surface area contributed by atoms with E-state index in [9.17, 15) is 15.0 Å². The van der Waals surface area contributed by atoms with Gasteiger partial charge in [-0.25, -0.2) is 9.78 Å². The number of hydrogen-bond acceptors (Lipinski definition) is 6. The minimum atomic E-state index is -1.08. The Bertz CT molecular complexity index is 1090. The number of H-pyrrole nitrogens is 1. The molecule has 4 N–H and O–H groups in total. The summed E-state index contributed by atoms with van der Waals surface area (Å²) in [6.07, 6.45) is 1.70. The number of carboxylic acids is 1. The Balaban J connectivity index is 1.60. The second-order valence-electron chi connectivity index (χ2n) is 5.64. The number of aromatic carboxylic acids is 1. The molecule has 0 unspecified atom stereocenters. The summed E-state index contributed by atoms with van der Waals surface area (Å²) >= 11 is 1.46. The smallest absolute Gasteiger partial charge is 0.357 e. The number of carbonyl (C=O) groups is 1. The van der Waals surface area contributed by atoms with E-state index < -0.39 is 5.97 Å². The second-order valence-corrected chi connectivity index (χ2v) is 6.54. The first kappa shape index (κ1) is 16.1. The number of benzene rings is 2. The van der Waals surface area contributed by atoms with Crippen molar-refractivity contribution in [2.45, 2.75) is 6.54 Å². The van der Waals surface area contributed by atoms with Crippen molar-refractivity contribution in [2.24, 2.45) is 0 Å². The van der Waals surface area contributed by atoms with Crippen LogP contribution in [0.1, 0.15) is 16.1 Å². The normalized spacial score (nSPS) is 10.9. The van der Waals surface area contributed by atoms with E-state index in [0.29, 0.717) is 23.0 Å². The molecule has 0 radical (unpaired) electrons. The van der Waals surface area contributed by atoms with Crippen LogP contribution in [-0.2, 0) is 6.54 Å². The molecule has 2 aromatic heterocycles. The predicted molar refractivity (Wildman–Crippen MR) is 99.6 cm³/mol. The van der Waals surface area contributed by atoms with Gasteiger partial charge in [0.15, 0.2) is 5.69 Å². The van der Waals surface area contributed by atoms with E-state index in [2.05, 4.69) is 20.5 Å². The van der Waals surface area contributed by atoms with Crippen LogP contribution in [0.3, 0.4) is 0 Å². The van der Waals surface area contributed by atoms with Gasteiger partial charge in [0, 0.05) is 34.8 Å². The number of phenols is 1. The number of aromatic nitrogens is 3. The molecule has 0 aliphatic heterocycles. The molecule has 4 rings (SSSR count). The second kappa shape index (κ2) is 6.49. The SMILES string of the molecule is O=C(O)c1n[nH]c2ccc(NCc3cccc(-c4nccs4)c3O)cc12. The number of fused-ring (bicyclic) bond motifs is 1. The van der Waals surface area contributed by atoms with Gasteiger partial charge in [0.25, 0.3) is 0 Å². The highest BCUT2D eigenvalue weighted by atomic mass is 32.1. The summed E-state index contributed by atoms with van der Waals surface area (Å²) in [5.74, 6) is -0.896. The summed E-state index contributed by atoms with van der Waals surface area (Å²) in [5.41, 5.74) is 2.79. The number of anilines is 1. The van der Waals surface area contributed by atoms with E-state index in [1.165, 1.54) is 11.3 Å². The molecule has 4 aromatic rings. The molecule has 0 saturated heterocycles. The van der Waals surface area contributed by atoms with E-state index in [-0.39, 0.29) is 11.4 Å². The number of phenolic OH excluding ortho intramolecular Hbond substituents is 1. The van der Waals surface area contributed by atoms with E-state index in [1.807, 2.05) is 29.6 Å². The highest BCUT2D eigenvalue weighted by Gasteiger charge is 2.14. The molecule has 0 saturated carbocycles. The van der Waals surface area contributed by atoms with E-state index in [0.717, 1.165) is 16.3 Å². The molecule has 2 aromatic carbocycles. The lowest BCUT2D eigenvalue weighted by Gasteiger charge is -2.10. The summed E-state index contributed by atoms with van der Waals surface area (Å²) in [6.45, 7) is 0.386. The minimum Gasteiger partial charge on any atom is -0.507 e. The Labute approximate surface area is 152 Å². The van der Waals surface area contributed by atoms with Crippen LogP contribution in [0.2, 0.25) is 0 Å². The van der Waals surface area contributed by atoms with Crippen molar-refractivity contribution >= 4 is 33.9 Å². The van der Waals surface area contributed by atoms with Crippen molar-refractivity contribution in [3.63, 3.8) is 0 Å². The van der Waals surface area contributed by atoms with Crippen molar-refractivity contribution in [2.75, 3.05) is 5.32 Å². The molecular weight excluding hydrogens is 352 g/mol. The van der Waals surface area contributed by atoms with Gasteiger partial charge in [-0.3, -0.25) is 5.10 Å². The third-order valence-electron chi connectivity index (χ3n) is 4.03. The highest BCUT2D eigenvalue weighted by molar-refractivity contribution is 7.13. The van der Waals surface area contributed by atoms with Gasteiger partial charge in [-0.15, -0.1) is 11.3 Å². The molecule has 2 heterocycles. The number of nitrogens with zero attached hydrogens (tertiary/aromatic N) is 2. The van der Waals surface area contributed by atoms with Gasteiger partial charge in [0.1, 0.15) is 10.8 Å². The summed E-state index contributed by atoms with van der Waals surface area (Å²) in [5, 5.41) is 32.6.